The van der Waals surface area contributed by atoms with E-state index in [1.165, 1.54) is 17.0 Å². The molecule has 0 bridgehead atoms. The standard InChI is InChI=1S/C20H18F4N4O3S/c21-14-5-7-15(8-6-14)32(30,31)27-11-9-26(10-12-27)18(29)13-28-17-4-2-1-3-16(17)25-19(28)20(22,23)24/h1-8H,9-13H2. The molecule has 1 aliphatic rings. The molecular formula is C20H18F4N4O3S. The molecule has 2 aromatic carbocycles. The summed E-state index contributed by atoms with van der Waals surface area (Å²) in [5, 5.41) is 0. The number of amides is 1. The Kier molecular flexibility index (Phi) is 5.67. The van der Waals surface area contributed by atoms with E-state index in [4.69, 9.17) is 0 Å². The average molecular weight is 470 g/mol. The molecule has 0 radical (unpaired) electrons. The molecule has 0 unspecified atom stereocenters. The Balaban J connectivity index is 1.49. The number of halogens is 4. The lowest BCUT2D eigenvalue weighted by Crippen LogP contribution is -2.51. The van der Waals surface area contributed by atoms with Crippen LogP contribution < -0.4 is 0 Å². The summed E-state index contributed by atoms with van der Waals surface area (Å²) in [5.41, 5.74) is 0.313. The van der Waals surface area contributed by atoms with E-state index in [9.17, 15) is 30.8 Å². The Hall–Kier alpha value is -2.99. The number of hydrogen-bond donors (Lipinski definition) is 0. The fourth-order valence-corrected chi connectivity index (χ4v) is 5.04. The van der Waals surface area contributed by atoms with E-state index in [1.54, 1.807) is 12.1 Å². The first-order valence-electron chi connectivity index (χ1n) is 9.63. The highest BCUT2D eigenvalue weighted by atomic mass is 32.2. The number of para-hydroxylation sites is 2. The van der Waals surface area contributed by atoms with Gasteiger partial charge in [0.1, 0.15) is 12.4 Å². The van der Waals surface area contributed by atoms with Crippen molar-refractivity contribution in [3.8, 4) is 0 Å². The van der Waals surface area contributed by atoms with Gasteiger partial charge in [-0.25, -0.2) is 17.8 Å². The van der Waals surface area contributed by atoms with Gasteiger partial charge in [0, 0.05) is 26.2 Å². The number of imidazole rings is 1. The average Bonchev–Trinajstić information content (AvgIpc) is 3.13. The van der Waals surface area contributed by atoms with Crippen LogP contribution in [-0.4, -0.2) is 59.3 Å². The topological polar surface area (TPSA) is 75.5 Å². The lowest BCUT2D eigenvalue weighted by atomic mass is 10.3. The fourth-order valence-electron chi connectivity index (χ4n) is 3.62. The smallest absolute Gasteiger partial charge is 0.339 e. The van der Waals surface area contributed by atoms with Crippen LogP contribution in [0.3, 0.4) is 0 Å². The first-order chi connectivity index (χ1) is 15.1. The third kappa shape index (κ3) is 4.19. The van der Waals surface area contributed by atoms with Gasteiger partial charge in [0.05, 0.1) is 15.9 Å². The van der Waals surface area contributed by atoms with Crippen LogP contribution in [0.25, 0.3) is 11.0 Å². The lowest BCUT2D eigenvalue weighted by molar-refractivity contribution is -0.148. The number of piperazine rings is 1. The second-order valence-corrected chi connectivity index (χ2v) is 9.18. The maximum atomic E-state index is 13.4. The zero-order valence-electron chi connectivity index (χ0n) is 16.6. The van der Waals surface area contributed by atoms with Crippen LogP contribution >= 0.6 is 0 Å². The van der Waals surface area contributed by atoms with Gasteiger partial charge < -0.3 is 9.47 Å². The Morgan fingerprint density at radius 1 is 0.969 bits per heavy atom. The first kappa shape index (κ1) is 22.2. The van der Waals surface area contributed by atoms with Crippen LogP contribution in [0.15, 0.2) is 53.4 Å². The number of fused-ring (bicyclic) bond motifs is 1. The van der Waals surface area contributed by atoms with Gasteiger partial charge in [-0.2, -0.15) is 17.5 Å². The SMILES string of the molecule is O=C(Cn1c(C(F)(F)F)nc2ccccc21)N1CCN(S(=O)(=O)c2ccc(F)cc2)CC1. The molecule has 0 saturated carbocycles. The summed E-state index contributed by atoms with van der Waals surface area (Å²) in [5.74, 6) is -2.30. The predicted molar refractivity (Wildman–Crippen MR) is 106 cm³/mol. The number of rotatable bonds is 4. The van der Waals surface area contributed by atoms with Gasteiger partial charge in [-0.1, -0.05) is 12.1 Å². The molecule has 0 atom stereocenters. The van der Waals surface area contributed by atoms with Gasteiger partial charge in [0.25, 0.3) is 0 Å². The number of aromatic nitrogens is 2. The summed E-state index contributed by atoms with van der Waals surface area (Å²) < 4.78 is 80.8. The summed E-state index contributed by atoms with van der Waals surface area (Å²) in [4.78, 5) is 17.6. The maximum Gasteiger partial charge on any atom is 0.449 e. The zero-order valence-corrected chi connectivity index (χ0v) is 17.4. The molecule has 1 aliphatic heterocycles. The summed E-state index contributed by atoms with van der Waals surface area (Å²) in [6.07, 6.45) is -4.73. The van der Waals surface area contributed by atoms with E-state index in [1.807, 2.05) is 0 Å². The molecule has 170 valence electrons. The van der Waals surface area contributed by atoms with E-state index in [0.29, 0.717) is 0 Å². The van der Waals surface area contributed by atoms with Crippen molar-refractivity contribution in [2.45, 2.75) is 17.6 Å². The molecule has 4 rings (SSSR count). The molecule has 1 fully saturated rings. The highest BCUT2D eigenvalue weighted by molar-refractivity contribution is 7.89. The van der Waals surface area contributed by atoms with E-state index in [-0.39, 0.29) is 42.1 Å². The largest absolute Gasteiger partial charge is 0.449 e. The van der Waals surface area contributed by atoms with Gasteiger partial charge in [-0.3, -0.25) is 4.79 Å². The Morgan fingerprint density at radius 3 is 2.22 bits per heavy atom. The number of benzene rings is 2. The van der Waals surface area contributed by atoms with Crippen LogP contribution in [-0.2, 0) is 27.5 Å². The molecule has 0 spiro atoms. The molecule has 1 aromatic heterocycles. The quantitative estimate of drug-likeness (QED) is 0.550. The number of alkyl halides is 3. The van der Waals surface area contributed by atoms with Crippen molar-refractivity contribution in [1.82, 2.24) is 18.8 Å². The molecule has 12 heteroatoms. The van der Waals surface area contributed by atoms with Gasteiger partial charge in [0.2, 0.25) is 21.8 Å². The van der Waals surface area contributed by atoms with Crippen LogP contribution in [0.4, 0.5) is 17.6 Å². The molecule has 0 N–H and O–H groups in total. The molecule has 32 heavy (non-hydrogen) atoms. The van der Waals surface area contributed by atoms with Crippen LogP contribution in [0, 0.1) is 5.82 Å². The number of carbonyl (C=O) groups excluding carboxylic acids is 1. The van der Waals surface area contributed by atoms with Crippen LogP contribution in [0.2, 0.25) is 0 Å². The van der Waals surface area contributed by atoms with Crippen molar-refractivity contribution >= 4 is 27.0 Å². The molecule has 3 aromatic rings. The minimum Gasteiger partial charge on any atom is -0.339 e. The molecular weight excluding hydrogens is 452 g/mol. The van der Waals surface area contributed by atoms with E-state index < -0.39 is 40.3 Å². The third-order valence-corrected chi connectivity index (χ3v) is 7.16. The zero-order chi connectivity index (χ0) is 23.1. The maximum absolute atomic E-state index is 13.4. The second-order valence-electron chi connectivity index (χ2n) is 7.25. The predicted octanol–water partition coefficient (Wildman–Crippen LogP) is 2.73. The lowest BCUT2D eigenvalue weighted by Gasteiger charge is -2.34. The van der Waals surface area contributed by atoms with Gasteiger partial charge in [-0.15, -0.1) is 0 Å². The van der Waals surface area contributed by atoms with Crippen molar-refractivity contribution in [3.63, 3.8) is 0 Å². The Morgan fingerprint density at radius 2 is 1.59 bits per heavy atom. The molecule has 2 heterocycles. The van der Waals surface area contributed by atoms with Gasteiger partial charge >= 0.3 is 6.18 Å². The first-order valence-corrected chi connectivity index (χ1v) is 11.1. The Bertz CT molecular complexity index is 1250. The van der Waals surface area contributed by atoms with Crippen molar-refractivity contribution in [1.29, 1.82) is 0 Å². The third-order valence-electron chi connectivity index (χ3n) is 5.24. The normalized spacial score (nSPS) is 15.9. The Labute approximate surface area is 180 Å². The summed E-state index contributed by atoms with van der Waals surface area (Å²) in [6.45, 7) is -0.578. The summed E-state index contributed by atoms with van der Waals surface area (Å²) in [6, 6.07) is 10.4. The van der Waals surface area contributed by atoms with E-state index in [2.05, 4.69) is 4.98 Å². The van der Waals surface area contributed by atoms with Crippen molar-refractivity contribution in [3.05, 3.63) is 60.2 Å². The second kappa shape index (κ2) is 8.17. The van der Waals surface area contributed by atoms with Crippen molar-refractivity contribution < 1.29 is 30.8 Å². The molecule has 0 aliphatic carbocycles. The number of nitrogens with zero attached hydrogens (tertiary/aromatic N) is 4. The molecule has 1 amide bonds. The molecule has 7 nitrogen and oxygen atoms in total. The van der Waals surface area contributed by atoms with Crippen LogP contribution in [0.1, 0.15) is 5.82 Å². The van der Waals surface area contributed by atoms with E-state index >= 15 is 0 Å². The highest BCUT2D eigenvalue weighted by Gasteiger charge is 2.38. The fraction of sp³-hybridized carbons (Fsp3) is 0.300. The minimum atomic E-state index is -4.73. The summed E-state index contributed by atoms with van der Waals surface area (Å²) in [7, 11) is -3.87. The van der Waals surface area contributed by atoms with Crippen molar-refractivity contribution in [2.24, 2.45) is 0 Å². The number of carbonyl (C=O) groups is 1. The van der Waals surface area contributed by atoms with Gasteiger partial charge in [0.15, 0.2) is 0 Å². The van der Waals surface area contributed by atoms with E-state index in [0.717, 1.165) is 33.1 Å². The molecule has 1 saturated heterocycles. The summed E-state index contributed by atoms with van der Waals surface area (Å²) >= 11 is 0. The number of sulfonamides is 1. The minimum absolute atomic E-state index is 0.0211. The monoisotopic (exact) mass is 470 g/mol. The van der Waals surface area contributed by atoms with Gasteiger partial charge in [-0.05, 0) is 36.4 Å². The number of hydrogen-bond acceptors (Lipinski definition) is 4. The highest BCUT2D eigenvalue weighted by Crippen LogP contribution is 2.31. The van der Waals surface area contributed by atoms with Crippen LogP contribution in [0.5, 0.6) is 0 Å². The van der Waals surface area contributed by atoms with Crippen molar-refractivity contribution in [2.75, 3.05) is 26.2 Å².